The molecule has 0 saturated carbocycles. The molecule has 3 heteroatoms. The van der Waals surface area contributed by atoms with Crippen LogP contribution in [0, 0.1) is 0 Å². The second-order valence-electron chi connectivity index (χ2n) is 3.09. The van der Waals surface area contributed by atoms with Crippen molar-refractivity contribution in [3.8, 4) is 0 Å². The zero-order valence-corrected chi connectivity index (χ0v) is 7.20. The fourth-order valence-corrected chi connectivity index (χ4v) is 0.990. The molecule has 0 aliphatic carbocycles. The number of benzene rings is 1. The van der Waals surface area contributed by atoms with Gasteiger partial charge in [0.1, 0.15) is 5.66 Å². The predicted molar refractivity (Wildman–Crippen MR) is 50.1 cm³/mol. The van der Waals surface area contributed by atoms with E-state index < -0.39 is 5.66 Å². The molecular formula is C9H15N3. The van der Waals surface area contributed by atoms with Crippen LogP contribution >= 0.6 is 0 Å². The average Bonchev–Trinajstić information content (AvgIpc) is 2.06. The van der Waals surface area contributed by atoms with Crippen LogP contribution in [0.1, 0.15) is 12.5 Å². The number of nitrogens with two attached hydrogens (primary N) is 3. The Labute approximate surface area is 72.5 Å². The Hall–Kier alpha value is -0.900. The van der Waals surface area contributed by atoms with Crippen molar-refractivity contribution in [1.82, 2.24) is 0 Å². The minimum Gasteiger partial charge on any atom is -0.325 e. The molecule has 66 valence electrons. The summed E-state index contributed by atoms with van der Waals surface area (Å²) in [7, 11) is 0. The number of rotatable bonds is 2. The molecule has 1 aromatic rings. The lowest BCUT2D eigenvalue weighted by molar-refractivity contribution is 0.386. The lowest BCUT2D eigenvalue weighted by Gasteiger charge is -2.28. The maximum absolute atomic E-state index is 5.83. The first-order valence-electron chi connectivity index (χ1n) is 3.94. The summed E-state index contributed by atoms with van der Waals surface area (Å²) in [6.07, 6.45) is 0. The van der Waals surface area contributed by atoms with Crippen molar-refractivity contribution in [1.29, 1.82) is 0 Å². The van der Waals surface area contributed by atoms with Gasteiger partial charge in [0.05, 0.1) is 0 Å². The molecule has 0 fully saturated rings. The van der Waals surface area contributed by atoms with Crippen LogP contribution in [-0.2, 0) is 5.66 Å². The SMILES string of the molecule is CC(N)C(N)(N)c1ccccc1. The van der Waals surface area contributed by atoms with Crippen molar-refractivity contribution in [2.45, 2.75) is 18.6 Å². The smallest absolute Gasteiger partial charge is 0.105 e. The van der Waals surface area contributed by atoms with E-state index in [0.717, 1.165) is 5.56 Å². The lowest BCUT2D eigenvalue weighted by atomic mass is 9.95. The van der Waals surface area contributed by atoms with Crippen LogP contribution in [0.4, 0.5) is 0 Å². The van der Waals surface area contributed by atoms with Crippen LogP contribution < -0.4 is 17.2 Å². The molecular weight excluding hydrogens is 150 g/mol. The molecule has 0 bridgehead atoms. The summed E-state index contributed by atoms with van der Waals surface area (Å²) in [5.74, 6) is 0. The van der Waals surface area contributed by atoms with Gasteiger partial charge in [0.2, 0.25) is 0 Å². The molecule has 0 aliphatic rings. The summed E-state index contributed by atoms with van der Waals surface area (Å²) in [5.41, 5.74) is 17.3. The molecule has 12 heavy (non-hydrogen) atoms. The Bertz CT molecular complexity index is 241. The highest BCUT2D eigenvalue weighted by Gasteiger charge is 2.25. The largest absolute Gasteiger partial charge is 0.325 e. The Morgan fingerprint density at radius 2 is 1.67 bits per heavy atom. The highest BCUT2D eigenvalue weighted by Crippen LogP contribution is 2.13. The Balaban J connectivity index is 2.98. The third-order valence-electron chi connectivity index (χ3n) is 2.03. The van der Waals surface area contributed by atoms with Gasteiger partial charge in [-0.1, -0.05) is 30.3 Å². The maximum atomic E-state index is 5.83. The molecule has 1 atom stereocenters. The second-order valence-corrected chi connectivity index (χ2v) is 3.09. The van der Waals surface area contributed by atoms with E-state index in [9.17, 15) is 0 Å². The standard InChI is InChI=1S/C9H15N3/c1-7(10)9(11,12)8-5-3-2-4-6-8/h2-7H,10-12H2,1H3. The van der Waals surface area contributed by atoms with Crippen LogP contribution in [0.3, 0.4) is 0 Å². The predicted octanol–water partition coefficient (Wildman–Crippen LogP) is 0.104. The van der Waals surface area contributed by atoms with Gasteiger partial charge in [0.25, 0.3) is 0 Å². The summed E-state index contributed by atoms with van der Waals surface area (Å²) in [5, 5.41) is 0. The minimum atomic E-state index is -0.929. The van der Waals surface area contributed by atoms with Crippen molar-refractivity contribution in [2.75, 3.05) is 0 Å². The van der Waals surface area contributed by atoms with E-state index in [1.807, 2.05) is 30.3 Å². The first kappa shape index (κ1) is 9.19. The maximum Gasteiger partial charge on any atom is 0.105 e. The monoisotopic (exact) mass is 165 g/mol. The lowest BCUT2D eigenvalue weighted by Crippen LogP contribution is -2.58. The molecule has 0 heterocycles. The van der Waals surface area contributed by atoms with Gasteiger partial charge in [-0.15, -0.1) is 0 Å². The summed E-state index contributed by atoms with van der Waals surface area (Å²) in [4.78, 5) is 0. The van der Waals surface area contributed by atoms with Crippen molar-refractivity contribution in [3.05, 3.63) is 35.9 Å². The number of hydrogen-bond acceptors (Lipinski definition) is 3. The fourth-order valence-electron chi connectivity index (χ4n) is 0.990. The summed E-state index contributed by atoms with van der Waals surface area (Å²) in [6.45, 7) is 1.80. The highest BCUT2D eigenvalue weighted by molar-refractivity contribution is 5.24. The van der Waals surface area contributed by atoms with Crippen molar-refractivity contribution in [3.63, 3.8) is 0 Å². The van der Waals surface area contributed by atoms with E-state index in [0.29, 0.717) is 0 Å². The van der Waals surface area contributed by atoms with E-state index in [1.165, 1.54) is 0 Å². The molecule has 6 N–H and O–H groups in total. The average molecular weight is 165 g/mol. The van der Waals surface area contributed by atoms with E-state index in [1.54, 1.807) is 6.92 Å². The van der Waals surface area contributed by atoms with Crippen LogP contribution in [0.5, 0.6) is 0 Å². The Morgan fingerprint density at radius 3 is 2.08 bits per heavy atom. The highest BCUT2D eigenvalue weighted by atomic mass is 15.0. The van der Waals surface area contributed by atoms with Crippen molar-refractivity contribution < 1.29 is 0 Å². The molecule has 0 radical (unpaired) electrons. The van der Waals surface area contributed by atoms with Gasteiger partial charge in [-0.3, -0.25) is 0 Å². The van der Waals surface area contributed by atoms with Crippen molar-refractivity contribution >= 4 is 0 Å². The molecule has 0 amide bonds. The van der Waals surface area contributed by atoms with Gasteiger partial charge in [-0.05, 0) is 12.5 Å². The zero-order valence-electron chi connectivity index (χ0n) is 7.20. The minimum absolute atomic E-state index is 0.264. The normalized spacial score (nSPS) is 14.3. The Kier molecular flexibility index (Phi) is 2.47. The first-order chi connectivity index (χ1) is 5.55. The molecule has 1 rings (SSSR count). The molecule has 1 aromatic carbocycles. The molecule has 1 unspecified atom stereocenters. The summed E-state index contributed by atoms with van der Waals surface area (Å²) in [6, 6.07) is 9.20. The van der Waals surface area contributed by atoms with E-state index in [-0.39, 0.29) is 6.04 Å². The fraction of sp³-hybridized carbons (Fsp3) is 0.333. The zero-order chi connectivity index (χ0) is 9.19. The van der Waals surface area contributed by atoms with Gasteiger partial charge in [-0.25, -0.2) is 0 Å². The molecule has 0 spiro atoms. The van der Waals surface area contributed by atoms with Crippen LogP contribution in [-0.4, -0.2) is 6.04 Å². The van der Waals surface area contributed by atoms with Crippen LogP contribution in [0.25, 0.3) is 0 Å². The van der Waals surface area contributed by atoms with E-state index in [4.69, 9.17) is 17.2 Å². The third kappa shape index (κ3) is 1.64. The van der Waals surface area contributed by atoms with Gasteiger partial charge < -0.3 is 17.2 Å². The van der Waals surface area contributed by atoms with Crippen LogP contribution in [0.2, 0.25) is 0 Å². The number of hydrogen-bond donors (Lipinski definition) is 3. The first-order valence-corrected chi connectivity index (χ1v) is 3.94. The topological polar surface area (TPSA) is 78.1 Å². The second kappa shape index (κ2) is 3.23. The van der Waals surface area contributed by atoms with Gasteiger partial charge in [0, 0.05) is 6.04 Å². The van der Waals surface area contributed by atoms with E-state index in [2.05, 4.69) is 0 Å². The van der Waals surface area contributed by atoms with Gasteiger partial charge in [-0.2, -0.15) is 0 Å². The quantitative estimate of drug-likeness (QED) is 0.544. The Morgan fingerprint density at radius 1 is 1.17 bits per heavy atom. The van der Waals surface area contributed by atoms with Crippen molar-refractivity contribution in [2.24, 2.45) is 17.2 Å². The van der Waals surface area contributed by atoms with Gasteiger partial charge >= 0.3 is 0 Å². The molecule has 0 aromatic heterocycles. The van der Waals surface area contributed by atoms with E-state index >= 15 is 0 Å². The molecule has 0 saturated heterocycles. The molecule has 3 nitrogen and oxygen atoms in total. The molecule has 0 aliphatic heterocycles. The van der Waals surface area contributed by atoms with Crippen LogP contribution in [0.15, 0.2) is 30.3 Å². The summed E-state index contributed by atoms with van der Waals surface area (Å²) < 4.78 is 0. The third-order valence-corrected chi connectivity index (χ3v) is 2.03. The summed E-state index contributed by atoms with van der Waals surface area (Å²) >= 11 is 0. The van der Waals surface area contributed by atoms with Gasteiger partial charge in [0.15, 0.2) is 0 Å².